The van der Waals surface area contributed by atoms with Crippen LogP contribution in [0.5, 0.6) is 0 Å². The Hall–Kier alpha value is -2.57. The SMILES string of the molecule is CS(=O)(CCNc1nonc1C(=N[C@H]1Cc2ccc(F)cc21)NO)=NCCO. The summed E-state index contributed by atoms with van der Waals surface area (Å²) in [6.07, 6.45) is 2.11. The average molecular weight is 412 g/mol. The molecule has 0 saturated heterocycles. The van der Waals surface area contributed by atoms with Gasteiger partial charge in [-0.3, -0.25) is 15.7 Å². The molecule has 1 aromatic heterocycles. The van der Waals surface area contributed by atoms with E-state index in [0.717, 1.165) is 11.1 Å². The highest BCUT2D eigenvalue weighted by atomic mass is 32.2. The molecular formula is C16H21FN6O4S. The fraction of sp³-hybridized carbons (Fsp3) is 0.438. The van der Waals surface area contributed by atoms with E-state index in [0.29, 0.717) is 6.42 Å². The topological polar surface area (TPSA) is 145 Å². The van der Waals surface area contributed by atoms with Crippen LogP contribution in [0.15, 0.2) is 32.2 Å². The van der Waals surface area contributed by atoms with Gasteiger partial charge >= 0.3 is 0 Å². The first-order chi connectivity index (χ1) is 13.4. The number of halogens is 1. The molecule has 10 nitrogen and oxygen atoms in total. The number of hydrogen-bond acceptors (Lipinski definition) is 9. The van der Waals surface area contributed by atoms with Crippen molar-refractivity contribution in [3.8, 4) is 0 Å². The number of hydrogen-bond donors (Lipinski definition) is 4. The van der Waals surface area contributed by atoms with Crippen LogP contribution in [0.1, 0.15) is 22.9 Å². The monoisotopic (exact) mass is 412 g/mol. The number of amidine groups is 1. The zero-order valence-electron chi connectivity index (χ0n) is 15.1. The molecular weight excluding hydrogens is 391 g/mol. The lowest BCUT2D eigenvalue weighted by Gasteiger charge is -2.27. The van der Waals surface area contributed by atoms with E-state index in [1.807, 2.05) is 5.48 Å². The standard InChI is InChI=1S/C16H21FN6O4S/c1-28(26,19-4-6-24)7-5-18-15-14(22-27-23-15)16(21-25)20-13-8-10-2-3-11(17)9-12(10)13/h2-3,9,13,24-25H,4-8H2,1H3,(H,18,23)(H,20,21)/t13-,28?/m0/s1. The fourth-order valence-electron chi connectivity index (χ4n) is 2.78. The van der Waals surface area contributed by atoms with Crippen LogP contribution in [0.4, 0.5) is 10.2 Å². The molecule has 1 aromatic carbocycles. The molecule has 12 heteroatoms. The van der Waals surface area contributed by atoms with Crippen molar-refractivity contribution in [3.05, 3.63) is 40.8 Å². The van der Waals surface area contributed by atoms with Gasteiger partial charge in [-0.15, -0.1) is 0 Å². The molecule has 0 bridgehead atoms. The number of hydroxylamine groups is 1. The van der Waals surface area contributed by atoms with Crippen LogP contribution in [-0.4, -0.2) is 62.4 Å². The average Bonchev–Trinajstić information content (AvgIpc) is 3.11. The van der Waals surface area contributed by atoms with Gasteiger partial charge in [-0.25, -0.2) is 17.6 Å². The van der Waals surface area contributed by atoms with Crippen LogP contribution < -0.4 is 10.8 Å². The Bertz CT molecular complexity index is 985. The highest BCUT2D eigenvalue weighted by Crippen LogP contribution is 2.36. The number of nitrogens with zero attached hydrogens (tertiary/aromatic N) is 4. The predicted molar refractivity (Wildman–Crippen MR) is 100 cm³/mol. The molecule has 1 heterocycles. The Morgan fingerprint density at radius 3 is 3.04 bits per heavy atom. The van der Waals surface area contributed by atoms with Gasteiger partial charge in [-0.1, -0.05) is 6.07 Å². The third-order valence-corrected chi connectivity index (χ3v) is 5.91. The summed E-state index contributed by atoms with van der Waals surface area (Å²) in [5, 5.41) is 28.6. The first-order valence-electron chi connectivity index (χ1n) is 8.53. The number of nitrogens with one attached hydrogen (secondary N) is 2. The van der Waals surface area contributed by atoms with Gasteiger partial charge in [0.05, 0.1) is 19.2 Å². The van der Waals surface area contributed by atoms with Gasteiger partial charge in [0, 0.05) is 28.3 Å². The minimum atomic E-state index is -2.44. The maximum atomic E-state index is 13.4. The summed E-state index contributed by atoms with van der Waals surface area (Å²) < 4.78 is 34.3. The van der Waals surface area contributed by atoms with Gasteiger partial charge < -0.3 is 10.4 Å². The second kappa shape index (κ2) is 8.63. The molecule has 0 fully saturated rings. The highest BCUT2D eigenvalue weighted by molar-refractivity contribution is 7.92. The number of aliphatic hydroxyl groups is 1. The van der Waals surface area contributed by atoms with E-state index in [-0.39, 0.29) is 54.7 Å². The predicted octanol–water partition coefficient (Wildman–Crippen LogP) is 0.733. The fourth-order valence-corrected chi connectivity index (χ4v) is 3.86. The van der Waals surface area contributed by atoms with Gasteiger partial charge in [-0.05, 0) is 40.0 Å². The Labute approximate surface area is 161 Å². The summed E-state index contributed by atoms with van der Waals surface area (Å²) in [7, 11) is -2.44. The molecule has 0 amide bonds. The molecule has 28 heavy (non-hydrogen) atoms. The number of aromatic nitrogens is 2. The molecule has 1 aliphatic rings. The van der Waals surface area contributed by atoms with E-state index in [9.17, 15) is 13.8 Å². The van der Waals surface area contributed by atoms with Crippen LogP contribution in [0, 0.1) is 5.82 Å². The van der Waals surface area contributed by atoms with Gasteiger partial charge in [0.2, 0.25) is 5.82 Å². The number of aliphatic imine (C=N–C) groups is 1. The quantitative estimate of drug-likeness (QED) is 0.282. The highest BCUT2D eigenvalue weighted by Gasteiger charge is 2.28. The lowest BCUT2D eigenvalue weighted by Crippen LogP contribution is -2.26. The van der Waals surface area contributed by atoms with E-state index in [1.54, 1.807) is 6.07 Å². The third kappa shape index (κ3) is 4.64. The van der Waals surface area contributed by atoms with Crippen LogP contribution in [0.3, 0.4) is 0 Å². The van der Waals surface area contributed by atoms with Crippen LogP contribution in [0.25, 0.3) is 0 Å². The Morgan fingerprint density at radius 1 is 1.46 bits per heavy atom. The minimum Gasteiger partial charge on any atom is -0.394 e. The Kier molecular flexibility index (Phi) is 6.21. The molecule has 1 unspecified atom stereocenters. The van der Waals surface area contributed by atoms with Gasteiger partial charge in [0.25, 0.3) is 0 Å². The van der Waals surface area contributed by atoms with Crippen molar-refractivity contribution in [2.45, 2.75) is 12.5 Å². The molecule has 2 aromatic rings. The van der Waals surface area contributed by atoms with Crippen molar-refractivity contribution >= 4 is 21.4 Å². The van der Waals surface area contributed by atoms with Crippen molar-refractivity contribution in [1.29, 1.82) is 0 Å². The summed E-state index contributed by atoms with van der Waals surface area (Å²) in [6.45, 7) is 0.203. The van der Waals surface area contributed by atoms with E-state index >= 15 is 0 Å². The molecule has 4 N–H and O–H groups in total. The molecule has 1 aliphatic carbocycles. The second-order valence-corrected chi connectivity index (χ2v) is 8.87. The maximum Gasteiger partial charge on any atom is 0.202 e. The summed E-state index contributed by atoms with van der Waals surface area (Å²) >= 11 is 0. The summed E-state index contributed by atoms with van der Waals surface area (Å²) in [6, 6.07) is 4.19. The number of fused-ring (bicyclic) bond motifs is 1. The first kappa shape index (κ1) is 20.2. The van der Waals surface area contributed by atoms with Crippen LogP contribution in [-0.2, 0) is 16.1 Å². The van der Waals surface area contributed by atoms with Crippen molar-refractivity contribution in [3.63, 3.8) is 0 Å². The molecule has 3 rings (SSSR count). The lowest BCUT2D eigenvalue weighted by molar-refractivity contribution is 0.232. The largest absolute Gasteiger partial charge is 0.394 e. The minimum absolute atomic E-state index is 0.0193. The normalized spacial score (nSPS) is 18.0. The van der Waals surface area contributed by atoms with Crippen molar-refractivity contribution in [2.75, 3.05) is 37.0 Å². The molecule has 2 atom stereocenters. The zero-order chi connectivity index (χ0) is 20.1. The van der Waals surface area contributed by atoms with Gasteiger partial charge in [0.15, 0.2) is 11.5 Å². The van der Waals surface area contributed by atoms with E-state index in [4.69, 9.17) is 9.74 Å². The maximum absolute atomic E-state index is 13.4. The molecule has 0 saturated carbocycles. The summed E-state index contributed by atoms with van der Waals surface area (Å²) in [5.74, 6) is 0.0906. The molecule has 0 radical (unpaired) electrons. The Balaban J connectivity index is 1.70. The zero-order valence-corrected chi connectivity index (χ0v) is 15.9. The summed E-state index contributed by atoms with van der Waals surface area (Å²) in [4.78, 5) is 4.37. The molecule has 0 spiro atoms. The Morgan fingerprint density at radius 2 is 2.29 bits per heavy atom. The molecule has 0 aliphatic heterocycles. The van der Waals surface area contributed by atoms with E-state index < -0.39 is 9.73 Å². The van der Waals surface area contributed by atoms with Crippen molar-refractivity contribution in [2.24, 2.45) is 9.36 Å². The van der Waals surface area contributed by atoms with E-state index in [2.05, 4.69) is 25.0 Å². The third-order valence-electron chi connectivity index (χ3n) is 4.22. The van der Waals surface area contributed by atoms with Gasteiger partial charge in [0.1, 0.15) is 5.82 Å². The van der Waals surface area contributed by atoms with Gasteiger partial charge in [-0.2, -0.15) is 0 Å². The van der Waals surface area contributed by atoms with Crippen molar-refractivity contribution < 1.29 is 23.5 Å². The number of aliphatic hydroxyl groups excluding tert-OH is 1. The number of rotatable bonds is 8. The van der Waals surface area contributed by atoms with Crippen LogP contribution >= 0.6 is 0 Å². The van der Waals surface area contributed by atoms with Crippen LogP contribution in [0.2, 0.25) is 0 Å². The lowest BCUT2D eigenvalue weighted by atomic mass is 9.83. The first-order valence-corrected chi connectivity index (χ1v) is 10.6. The van der Waals surface area contributed by atoms with E-state index in [1.165, 1.54) is 18.4 Å². The van der Waals surface area contributed by atoms with Crippen molar-refractivity contribution in [1.82, 2.24) is 15.8 Å². The molecule has 152 valence electrons. The number of anilines is 1. The second-order valence-electron chi connectivity index (χ2n) is 6.28. The number of benzene rings is 1. The summed E-state index contributed by atoms with van der Waals surface area (Å²) in [5.41, 5.74) is 3.86. The smallest absolute Gasteiger partial charge is 0.202 e.